The van der Waals surface area contributed by atoms with Gasteiger partial charge >= 0.3 is 0 Å². The van der Waals surface area contributed by atoms with Gasteiger partial charge in [-0.05, 0) is 49.2 Å². The van der Waals surface area contributed by atoms with E-state index in [4.69, 9.17) is 9.47 Å². The first-order chi connectivity index (χ1) is 15.1. The van der Waals surface area contributed by atoms with Gasteiger partial charge in [0.15, 0.2) is 11.5 Å². The molecular weight excluding hydrogens is 390 g/mol. The first kappa shape index (κ1) is 19.2. The van der Waals surface area contributed by atoms with Crippen molar-refractivity contribution in [1.29, 1.82) is 5.26 Å². The fraction of sp³-hybridized carbons (Fsp3) is 0.292. The molecule has 0 spiro atoms. The second kappa shape index (κ2) is 7.80. The van der Waals surface area contributed by atoms with E-state index in [1.165, 1.54) is 0 Å². The SMILES string of the molecule is Cc1ccc(N2CCc3ncnc(N[C@H](C)c4ccc5c(c4)OCO5)c3C2)c(C#N)c1. The lowest BCUT2D eigenvalue weighted by Gasteiger charge is -2.32. The monoisotopic (exact) mass is 413 g/mol. The molecule has 1 atom stereocenters. The minimum Gasteiger partial charge on any atom is -0.454 e. The molecule has 31 heavy (non-hydrogen) atoms. The van der Waals surface area contributed by atoms with Crippen LogP contribution in [0.1, 0.15) is 40.9 Å². The van der Waals surface area contributed by atoms with Crippen LogP contribution in [-0.4, -0.2) is 23.3 Å². The third-order valence-corrected chi connectivity index (χ3v) is 5.87. The Kier molecular flexibility index (Phi) is 4.83. The zero-order valence-corrected chi connectivity index (χ0v) is 17.6. The summed E-state index contributed by atoms with van der Waals surface area (Å²) in [5, 5.41) is 13.2. The van der Waals surface area contributed by atoms with E-state index in [1.54, 1.807) is 6.33 Å². The zero-order valence-electron chi connectivity index (χ0n) is 17.6. The molecule has 156 valence electrons. The average Bonchev–Trinajstić information content (AvgIpc) is 3.27. The van der Waals surface area contributed by atoms with Gasteiger partial charge in [-0.2, -0.15) is 5.26 Å². The van der Waals surface area contributed by atoms with Crippen molar-refractivity contribution in [3.63, 3.8) is 0 Å². The largest absolute Gasteiger partial charge is 0.454 e. The summed E-state index contributed by atoms with van der Waals surface area (Å²) in [6.45, 7) is 5.84. The molecule has 2 aliphatic rings. The summed E-state index contributed by atoms with van der Waals surface area (Å²) in [7, 11) is 0. The van der Waals surface area contributed by atoms with Crippen molar-refractivity contribution in [2.45, 2.75) is 32.9 Å². The van der Waals surface area contributed by atoms with Crippen molar-refractivity contribution in [1.82, 2.24) is 9.97 Å². The Hall–Kier alpha value is -3.79. The number of aromatic nitrogens is 2. The van der Waals surface area contributed by atoms with Gasteiger partial charge in [0.25, 0.3) is 0 Å². The third-order valence-electron chi connectivity index (χ3n) is 5.87. The standard InChI is InChI=1S/C24H23N5O2/c1-15-3-5-21(18(9-15)11-25)29-8-7-20-19(12-29)24(27-13-26-20)28-16(2)17-4-6-22-23(10-17)31-14-30-22/h3-6,9-10,13,16H,7-8,12,14H2,1-2H3,(H,26,27,28)/t16-/m1/s1. The maximum absolute atomic E-state index is 9.60. The lowest BCUT2D eigenvalue weighted by Crippen LogP contribution is -2.32. The number of benzene rings is 2. The van der Waals surface area contributed by atoms with Crippen molar-refractivity contribution < 1.29 is 9.47 Å². The Bertz CT molecular complexity index is 1190. The smallest absolute Gasteiger partial charge is 0.231 e. The second-order valence-electron chi connectivity index (χ2n) is 7.93. The maximum atomic E-state index is 9.60. The van der Waals surface area contributed by atoms with E-state index in [1.807, 2.05) is 43.3 Å². The van der Waals surface area contributed by atoms with E-state index in [0.717, 1.165) is 58.4 Å². The van der Waals surface area contributed by atoms with E-state index in [9.17, 15) is 5.26 Å². The lowest BCUT2D eigenvalue weighted by molar-refractivity contribution is 0.174. The molecule has 5 rings (SSSR count). The fourth-order valence-electron chi connectivity index (χ4n) is 4.16. The summed E-state index contributed by atoms with van der Waals surface area (Å²) < 4.78 is 10.9. The number of nitrogens with one attached hydrogen (secondary N) is 1. The first-order valence-electron chi connectivity index (χ1n) is 10.4. The number of nitriles is 1. The predicted molar refractivity (Wildman–Crippen MR) is 117 cm³/mol. The molecule has 0 aliphatic carbocycles. The van der Waals surface area contributed by atoms with Gasteiger partial charge in [-0.1, -0.05) is 12.1 Å². The highest BCUT2D eigenvalue weighted by Crippen LogP contribution is 2.36. The number of hydrogen-bond acceptors (Lipinski definition) is 7. The van der Waals surface area contributed by atoms with Crippen LogP contribution in [0.15, 0.2) is 42.7 Å². The fourth-order valence-corrected chi connectivity index (χ4v) is 4.16. The Morgan fingerprint density at radius 1 is 1.13 bits per heavy atom. The van der Waals surface area contributed by atoms with Crippen molar-refractivity contribution in [2.24, 2.45) is 0 Å². The topological polar surface area (TPSA) is 83.3 Å². The van der Waals surface area contributed by atoms with Crippen LogP contribution in [0.25, 0.3) is 0 Å². The van der Waals surface area contributed by atoms with Crippen LogP contribution in [0, 0.1) is 18.3 Å². The van der Waals surface area contributed by atoms with Gasteiger partial charge < -0.3 is 19.7 Å². The minimum atomic E-state index is 0.0259. The Morgan fingerprint density at radius 3 is 2.87 bits per heavy atom. The summed E-state index contributed by atoms with van der Waals surface area (Å²) >= 11 is 0. The number of hydrogen-bond donors (Lipinski definition) is 1. The van der Waals surface area contributed by atoms with Crippen molar-refractivity contribution >= 4 is 11.5 Å². The maximum Gasteiger partial charge on any atom is 0.231 e. The number of aryl methyl sites for hydroxylation is 1. The molecule has 1 N–H and O–H groups in total. The molecule has 2 aliphatic heterocycles. The van der Waals surface area contributed by atoms with E-state index in [-0.39, 0.29) is 12.8 Å². The van der Waals surface area contributed by atoms with Crippen LogP contribution in [0.3, 0.4) is 0 Å². The zero-order chi connectivity index (χ0) is 21.4. The summed E-state index contributed by atoms with van der Waals surface area (Å²) in [6.07, 6.45) is 2.43. The average molecular weight is 413 g/mol. The van der Waals surface area contributed by atoms with E-state index >= 15 is 0 Å². The van der Waals surface area contributed by atoms with Crippen LogP contribution >= 0.6 is 0 Å². The van der Waals surface area contributed by atoms with Gasteiger partial charge in [0.2, 0.25) is 6.79 Å². The normalized spacial score (nSPS) is 15.2. The van der Waals surface area contributed by atoms with Gasteiger partial charge in [-0.25, -0.2) is 9.97 Å². The van der Waals surface area contributed by atoms with Crippen LogP contribution < -0.4 is 19.7 Å². The molecule has 0 saturated heterocycles. The van der Waals surface area contributed by atoms with Crippen LogP contribution in [0.2, 0.25) is 0 Å². The highest BCUT2D eigenvalue weighted by Gasteiger charge is 2.24. The van der Waals surface area contributed by atoms with Crippen LogP contribution in [-0.2, 0) is 13.0 Å². The van der Waals surface area contributed by atoms with Gasteiger partial charge in [0, 0.05) is 25.1 Å². The molecular formula is C24H23N5O2. The molecule has 0 radical (unpaired) electrons. The number of ether oxygens (including phenoxy) is 2. The first-order valence-corrected chi connectivity index (χ1v) is 10.4. The molecule has 3 heterocycles. The van der Waals surface area contributed by atoms with Crippen molar-refractivity contribution in [3.05, 3.63) is 70.7 Å². The molecule has 0 saturated carbocycles. The quantitative estimate of drug-likeness (QED) is 0.689. The van der Waals surface area contributed by atoms with Gasteiger partial charge in [0.1, 0.15) is 18.2 Å². The van der Waals surface area contributed by atoms with E-state index < -0.39 is 0 Å². The summed E-state index contributed by atoms with van der Waals surface area (Å²) in [4.78, 5) is 11.3. The molecule has 1 aromatic heterocycles. The summed E-state index contributed by atoms with van der Waals surface area (Å²) in [5.74, 6) is 2.37. The lowest BCUT2D eigenvalue weighted by atomic mass is 10.0. The highest BCUT2D eigenvalue weighted by molar-refractivity contribution is 5.63. The van der Waals surface area contributed by atoms with Crippen molar-refractivity contribution in [3.8, 4) is 17.6 Å². The van der Waals surface area contributed by atoms with Gasteiger partial charge in [-0.3, -0.25) is 0 Å². The van der Waals surface area contributed by atoms with Crippen molar-refractivity contribution in [2.75, 3.05) is 23.6 Å². The summed E-state index contributed by atoms with van der Waals surface area (Å²) in [6, 6.07) is 14.4. The molecule has 7 nitrogen and oxygen atoms in total. The second-order valence-corrected chi connectivity index (χ2v) is 7.93. The molecule has 0 unspecified atom stereocenters. The number of rotatable bonds is 4. The highest BCUT2D eigenvalue weighted by atomic mass is 16.7. The Labute approximate surface area is 181 Å². The summed E-state index contributed by atoms with van der Waals surface area (Å²) in [5.41, 5.74) is 5.96. The van der Waals surface area contributed by atoms with E-state index in [2.05, 4.69) is 33.2 Å². The molecule has 7 heteroatoms. The number of fused-ring (bicyclic) bond motifs is 2. The molecule has 0 bridgehead atoms. The van der Waals surface area contributed by atoms with Crippen LogP contribution in [0.5, 0.6) is 11.5 Å². The molecule has 2 aromatic carbocycles. The molecule has 0 fully saturated rings. The molecule has 0 amide bonds. The Morgan fingerprint density at radius 2 is 2.00 bits per heavy atom. The van der Waals surface area contributed by atoms with Crippen LogP contribution in [0.4, 0.5) is 11.5 Å². The van der Waals surface area contributed by atoms with Gasteiger partial charge in [-0.15, -0.1) is 0 Å². The van der Waals surface area contributed by atoms with Gasteiger partial charge in [0.05, 0.1) is 23.0 Å². The minimum absolute atomic E-state index is 0.0259. The van der Waals surface area contributed by atoms with E-state index in [0.29, 0.717) is 12.1 Å². The predicted octanol–water partition coefficient (Wildman–Crippen LogP) is 4.12. The molecule has 3 aromatic rings. The third kappa shape index (κ3) is 3.61. The Balaban J connectivity index is 1.41. The number of nitrogens with zero attached hydrogens (tertiary/aromatic N) is 4. The number of anilines is 2.